The number of rotatable bonds is 3. The lowest BCUT2D eigenvalue weighted by Gasteiger charge is -2.21. The van der Waals surface area contributed by atoms with Gasteiger partial charge in [-0.3, -0.25) is 0 Å². The van der Waals surface area contributed by atoms with Crippen LogP contribution in [0, 0.1) is 5.92 Å². The molecule has 0 spiro atoms. The third kappa shape index (κ3) is 3.34. The number of hydrogen-bond acceptors (Lipinski definition) is 4. The van der Waals surface area contributed by atoms with Crippen molar-refractivity contribution in [1.82, 2.24) is 9.97 Å². The number of nitrogens with one attached hydrogen (secondary N) is 1. The molecule has 2 rings (SSSR count). The maximum Gasteiger partial charge on any atom is 0.143 e. The van der Waals surface area contributed by atoms with Crippen LogP contribution < -0.4 is 5.32 Å². The summed E-state index contributed by atoms with van der Waals surface area (Å²) in [5.41, 5.74) is 0. The van der Waals surface area contributed by atoms with Gasteiger partial charge in [0.25, 0.3) is 0 Å². The smallest absolute Gasteiger partial charge is 0.143 e. The summed E-state index contributed by atoms with van der Waals surface area (Å²) in [4.78, 5) is 8.13. The number of hydrogen-bond donors (Lipinski definition) is 1. The van der Waals surface area contributed by atoms with Crippen LogP contribution in [0.3, 0.4) is 0 Å². The Balaban J connectivity index is 1.84. The van der Waals surface area contributed by atoms with Crippen molar-refractivity contribution in [3.63, 3.8) is 0 Å². The average molecular weight is 288 g/mol. The molecule has 2 heterocycles. The lowest BCUT2D eigenvalue weighted by molar-refractivity contribution is 0.515. The molecule has 0 bridgehead atoms. The van der Waals surface area contributed by atoms with Crippen LogP contribution in [-0.4, -0.2) is 28.0 Å². The molecule has 1 aliphatic heterocycles. The van der Waals surface area contributed by atoms with E-state index in [1.165, 1.54) is 24.3 Å². The van der Waals surface area contributed by atoms with Crippen molar-refractivity contribution in [2.75, 3.05) is 23.4 Å². The molecule has 82 valence electrons. The Bertz CT molecular complexity index is 315. The monoisotopic (exact) mass is 287 g/mol. The van der Waals surface area contributed by atoms with E-state index in [0.717, 1.165) is 22.8 Å². The first-order valence-electron chi connectivity index (χ1n) is 5.13. The maximum absolute atomic E-state index is 4.19. The minimum atomic E-state index is 0.799. The van der Waals surface area contributed by atoms with Gasteiger partial charge in [0.2, 0.25) is 0 Å². The molecule has 15 heavy (non-hydrogen) atoms. The molecule has 5 heteroatoms. The topological polar surface area (TPSA) is 37.8 Å². The molecule has 1 aromatic rings. The predicted molar refractivity (Wildman–Crippen MR) is 68.3 cm³/mol. The van der Waals surface area contributed by atoms with Gasteiger partial charge >= 0.3 is 0 Å². The van der Waals surface area contributed by atoms with Gasteiger partial charge in [0.05, 0.1) is 4.47 Å². The lowest BCUT2D eigenvalue weighted by atomic mass is 10.0. The molecule has 0 saturated carbocycles. The summed E-state index contributed by atoms with van der Waals surface area (Å²) in [7, 11) is 0. The fraction of sp³-hybridized carbons (Fsp3) is 0.600. The van der Waals surface area contributed by atoms with Gasteiger partial charge in [-0.1, -0.05) is 0 Å². The summed E-state index contributed by atoms with van der Waals surface area (Å²) < 4.78 is 0.940. The molecule has 0 atom stereocenters. The van der Waals surface area contributed by atoms with Gasteiger partial charge in [0.15, 0.2) is 0 Å². The van der Waals surface area contributed by atoms with E-state index < -0.39 is 0 Å². The maximum atomic E-state index is 4.19. The van der Waals surface area contributed by atoms with Crippen LogP contribution in [0.2, 0.25) is 0 Å². The highest BCUT2D eigenvalue weighted by Gasteiger charge is 2.13. The molecule has 1 aromatic heterocycles. The molecule has 0 aromatic carbocycles. The number of aromatic nitrogens is 2. The first kappa shape index (κ1) is 11.2. The van der Waals surface area contributed by atoms with Gasteiger partial charge in [-0.05, 0) is 46.2 Å². The standard InChI is InChI=1S/C10H14BrN3S/c11-9-6-12-7-14-10(9)13-5-8-1-3-15-4-2-8/h6-8H,1-5H2,(H,12,13,14). The van der Waals surface area contributed by atoms with Gasteiger partial charge in [-0.15, -0.1) is 0 Å². The van der Waals surface area contributed by atoms with Gasteiger partial charge in [-0.2, -0.15) is 11.8 Å². The molecule has 1 saturated heterocycles. The second-order valence-electron chi connectivity index (χ2n) is 3.66. The zero-order valence-electron chi connectivity index (χ0n) is 8.45. The van der Waals surface area contributed by atoms with Crippen molar-refractivity contribution in [2.45, 2.75) is 12.8 Å². The Labute approximate surface area is 103 Å². The lowest BCUT2D eigenvalue weighted by Crippen LogP contribution is -2.19. The summed E-state index contributed by atoms with van der Waals surface area (Å²) in [6.45, 7) is 1.02. The molecule has 3 nitrogen and oxygen atoms in total. The minimum absolute atomic E-state index is 0.799. The second-order valence-corrected chi connectivity index (χ2v) is 5.74. The zero-order chi connectivity index (χ0) is 10.5. The number of halogens is 1. The van der Waals surface area contributed by atoms with Gasteiger partial charge in [0.1, 0.15) is 12.1 Å². The van der Waals surface area contributed by atoms with Gasteiger partial charge in [0, 0.05) is 12.7 Å². The van der Waals surface area contributed by atoms with Crippen LogP contribution in [-0.2, 0) is 0 Å². The molecule has 1 N–H and O–H groups in total. The van der Waals surface area contributed by atoms with Crippen LogP contribution >= 0.6 is 27.7 Å². The van der Waals surface area contributed by atoms with Gasteiger partial charge < -0.3 is 5.32 Å². The Hall–Kier alpha value is -0.290. The van der Waals surface area contributed by atoms with Crippen molar-refractivity contribution in [2.24, 2.45) is 5.92 Å². The highest BCUT2D eigenvalue weighted by atomic mass is 79.9. The minimum Gasteiger partial charge on any atom is -0.369 e. The second kappa shape index (κ2) is 5.70. The van der Waals surface area contributed by atoms with Crippen LogP contribution in [0.4, 0.5) is 5.82 Å². The first-order valence-corrected chi connectivity index (χ1v) is 7.08. The molecule has 0 aliphatic carbocycles. The highest BCUT2D eigenvalue weighted by molar-refractivity contribution is 9.10. The molecule has 1 fully saturated rings. The Kier molecular flexibility index (Phi) is 4.26. The van der Waals surface area contributed by atoms with Gasteiger partial charge in [-0.25, -0.2) is 9.97 Å². The summed E-state index contributed by atoms with van der Waals surface area (Å²) in [6, 6.07) is 0. The highest BCUT2D eigenvalue weighted by Crippen LogP contribution is 2.24. The third-order valence-corrected chi connectivity index (χ3v) is 4.20. The third-order valence-electron chi connectivity index (χ3n) is 2.57. The van der Waals surface area contributed by atoms with Crippen LogP contribution in [0.1, 0.15) is 12.8 Å². The summed E-state index contributed by atoms with van der Waals surface area (Å²) in [5, 5.41) is 3.38. The fourth-order valence-electron chi connectivity index (χ4n) is 1.63. The Morgan fingerprint density at radius 3 is 3.00 bits per heavy atom. The van der Waals surface area contributed by atoms with Crippen LogP contribution in [0.25, 0.3) is 0 Å². The predicted octanol–water partition coefficient (Wildman–Crippen LogP) is 2.79. The van der Waals surface area contributed by atoms with E-state index in [2.05, 4.69) is 43.0 Å². The molecular weight excluding hydrogens is 274 g/mol. The van der Waals surface area contributed by atoms with E-state index in [0.29, 0.717) is 0 Å². The normalized spacial score (nSPS) is 17.7. The van der Waals surface area contributed by atoms with E-state index in [-0.39, 0.29) is 0 Å². The average Bonchev–Trinajstić information content (AvgIpc) is 2.29. The zero-order valence-corrected chi connectivity index (χ0v) is 10.9. The van der Waals surface area contributed by atoms with Crippen molar-refractivity contribution in [3.8, 4) is 0 Å². The van der Waals surface area contributed by atoms with E-state index in [9.17, 15) is 0 Å². The van der Waals surface area contributed by atoms with E-state index in [4.69, 9.17) is 0 Å². The van der Waals surface area contributed by atoms with E-state index in [1.54, 1.807) is 12.5 Å². The quantitative estimate of drug-likeness (QED) is 0.928. The van der Waals surface area contributed by atoms with Crippen LogP contribution in [0.15, 0.2) is 17.0 Å². The number of nitrogens with zero attached hydrogens (tertiary/aromatic N) is 2. The van der Waals surface area contributed by atoms with Crippen LogP contribution in [0.5, 0.6) is 0 Å². The molecule has 0 amide bonds. The van der Waals surface area contributed by atoms with Crippen molar-refractivity contribution >= 4 is 33.5 Å². The fourth-order valence-corrected chi connectivity index (χ4v) is 3.20. The Morgan fingerprint density at radius 2 is 2.27 bits per heavy atom. The molecular formula is C10H14BrN3S. The van der Waals surface area contributed by atoms with Crippen molar-refractivity contribution in [1.29, 1.82) is 0 Å². The molecule has 0 radical (unpaired) electrons. The van der Waals surface area contributed by atoms with E-state index in [1.807, 2.05) is 0 Å². The SMILES string of the molecule is Brc1cncnc1NCC1CCSCC1. The number of thioether (sulfide) groups is 1. The van der Waals surface area contributed by atoms with Crippen molar-refractivity contribution in [3.05, 3.63) is 17.0 Å². The van der Waals surface area contributed by atoms with Crippen molar-refractivity contribution < 1.29 is 0 Å². The largest absolute Gasteiger partial charge is 0.369 e. The summed E-state index contributed by atoms with van der Waals surface area (Å²) >= 11 is 5.49. The summed E-state index contributed by atoms with van der Waals surface area (Å²) in [6.07, 6.45) is 5.98. The molecule has 1 aliphatic rings. The number of anilines is 1. The molecule has 0 unspecified atom stereocenters. The van der Waals surface area contributed by atoms with E-state index >= 15 is 0 Å². The summed E-state index contributed by atoms with van der Waals surface area (Å²) in [5.74, 6) is 4.31. The first-order chi connectivity index (χ1) is 7.36. The Morgan fingerprint density at radius 1 is 1.47 bits per heavy atom.